The number of carboxylic acids is 1. The lowest BCUT2D eigenvalue weighted by atomic mass is 9.89. The van der Waals surface area contributed by atoms with Crippen molar-refractivity contribution in [1.82, 2.24) is 10.2 Å². The molecule has 0 atom stereocenters. The molecular weight excluding hydrogens is 668 g/mol. The number of aliphatic carboxylic acids is 1. The van der Waals surface area contributed by atoms with Gasteiger partial charge in [-0.2, -0.15) is 11.8 Å². The Bertz CT molecular complexity index is 1040. The molecule has 0 unspecified atom stereocenters. The van der Waals surface area contributed by atoms with Gasteiger partial charge >= 0.3 is 29.8 Å². The molecule has 13 nitrogen and oxygen atoms in total. The Labute approximate surface area is 305 Å². The van der Waals surface area contributed by atoms with Crippen LogP contribution >= 0.6 is 11.8 Å². The Morgan fingerprint density at radius 3 is 1.56 bits per heavy atom. The van der Waals surface area contributed by atoms with Crippen LogP contribution in [0.2, 0.25) is 0 Å². The minimum absolute atomic E-state index is 0.100. The van der Waals surface area contributed by atoms with Crippen molar-refractivity contribution in [2.75, 3.05) is 65.6 Å². The molecule has 0 fully saturated rings. The Balaban J connectivity index is -0.000000740. The average molecular weight is 737 g/mol. The average Bonchev–Trinajstić information content (AvgIpc) is 3.04. The van der Waals surface area contributed by atoms with Crippen LogP contribution in [-0.4, -0.2) is 111 Å². The molecule has 0 saturated heterocycles. The number of carboxylic acid groups (broad SMARTS) is 1. The van der Waals surface area contributed by atoms with Crippen molar-refractivity contribution in [3.05, 3.63) is 0 Å². The van der Waals surface area contributed by atoms with Crippen molar-refractivity contribution in [2.24, 2.45) is 21.7 Å². The maximum absolute atomic E-state index is 11.8. The van der Waals surface area contributed by atoms with E-state index in [0.717, 1.165) is 13.0 Å². The summed E-state index contributed by atoms with van der Waals surface area (Å²) in [5, 5.41) is 10.6. The third kappa shape index (κ3) is 25.1. The zero-order chi connectivity index (χ0) is 39.8. The molecule has 0 aromatic carbocycles. The number of rotatable bonds is 21. The van der Waals surface area contributed by atoms with E-state index in [2.05, 4.69) is 5.32 Å². The molecule has 0 aromatic rings. The van der Waals surface area contributed by atoms with Gasteiger partial charge in [-0.3, -0.25) is 28.8 Å². The summed E-state index contributed by atoms with van der Waals surface area (Å²) in [6, 6.07) is 0. The van der Waals surface area contributed by atoms with Gasteiger partial charge in [0.15, 0.2) is 0 Å². The number of hydrogen-bond acceptors (Lipinski definition) is 12. The maximum atomic E-state index is 11.8. The van der Waals surface area contributed by atoms with E-state index in [1.54, 1.807) is 13.8 Å². The molecule has 50 heavy (non-hydrogen) atoms. The third-order valence-corrected chi connectivity index (χ3v) is 9.40. The molecule has 0 radical (unpaired) electrons. The van der Waals surface area contributed by atoms with Crippen molar-refractivity contribution < 1.29 is 52.8 Å². The summed E-state index contributed by atoms with van der Waals surface area (Å²) in [4.78, 5) is 69.7. The lowest BCUT2D eigenvalue weighted by Crippen LogP contribution is -2.39. The van der Waals surface area contributed by atoms with Crippen molar-refractivity contribution in [2.45, 2.75) is 108 Å². The van der Waals surface area contributed by atoms with Gasteiger partial charge in [-0.25, -0.2) is 0 Å². The van der Waals surface area contributed by atoms with E-state index in [-0.39, 0.29) is 61.4 Å². The molecule has 0 aliphatic carbocycles. The fraction of sp³-hybridized carbons (Fsp3) is 0.833. The molecule has 0 rings (SSSR count). The molecule has 0 saturated carbocycles. The van der Waals surface area contributed by atoms with E-state index in [1.165, 1.54) is 18.9 Å². The van der Waals surface area contributed by atoms with Gasteiger partial charge in [-0.1, -0.05) is 34.6 Å². The summed E-state index contributed by atoms with van der Waals surface area (Å²) < 4.78 is 20.1. The number of likely N-dealkylation sites (N-methyl/N-ethyl adjacent to an activating group) is 1. The standard InChI is InChI=1S/C18H32O6S.C10H21NO2.C8H15NO3/c1-7-17(2,3)16(21)24-11-8-10-23-14(19)9-12-25-13-18(4,5)15(20)22-6;1-6-10(2,3)9(12)13-8-7-11(4)5;1-4-8(2,3)7(12)9-5-6(10)11/h7-13H2,1-6H3;6-8H2,1-5H3;4-5H2,1-3H3,(H,9,12)(H,10,11). The highest BCUT2D eigenvalue weighted by atomic mass is 32.2. The first-order valence-corrected chi connectivity index (χ1v) is 18.3. The number of carbonyl (C=O) groups is 6. The number of ether oxygens (including phenoxy) is 4. The first kappa shape index (κ1) is 51.5. The summed E-state index contributed by atoms with van der Waals surface area (Å²) in [6.45, 7) is 21.9. The second-order valence-electron chi connectivity index (χ2n) is 14.6. The van der Waals surface area contributed by atoms with Gasteiger partial charge in [-0.15, -0.1) is 0 Å². The van der Waals surface area contributed by atoms with Gasteiger partial charge in [0.1, 0.15) is 13.2 Å². The van der Waals surface area contributed by atoms with Crippen molar-refractivity contribution in [3.63, 3.8) is 0 Å². The first-order chi connectivity index (χ1) is 22.9. The molecule has 2 N–H and O–H groups in total. The van der Waals surface area contributed by atoms with E-state index in [4.69, 9.17) is 24.1 Å². The number of amides is 1. The van der Waals surface area contributed by atoms with Crippen LogP contribution in [-0.2, 0) is 47.7 Å². The summed E-state index contributed by atoms with van der Waals surface area (Å²) >= 11 is 1.51. The monoisotopic (exact) mass is 736 g/mol. The molecular formula is C36H68N2O11S. The van der Waals surface area contributed by atoms with Gasteiger partial charge in [-0.05, 0) is 74.9 Å². The van der Waals surface area contributed by atoms with Crippen molar-refractivity contribution >= 4 is 47.5 Å². The predicted molar refractivity (Wildman–Crippen MR) is 197 cm³/mol. The van der Waals surface area contributed by atoms with Crippen LogP contribution < -0.4 is 5.32 Å². The summed E-state index contributed by atoms with van der Waals surface area (Å²) in [6.07, 6.45) is 2.99. The lowest BCUT2D eigenvalue weighted by molar-refractivity contribution is -0.155. The quantitative estimate of drug-likeness (QED) is 0.0875. The van der Waals surface area contributed by atoms with Gasteiger partial charge in [0.2, 0.25) is 5.91 Å². The second kappa shape index (κ2) is 26.0. The van der Waals surface area contributed by atoms with Gasteiger partial charge < -0.3 is 34.3 Å². The smallest absolute Gasteiger partial charge is 0.322 e. The van der Waals surface area contributed by atoms with E-state index in [1.807, 2.05) is 81.3 Å². The Morgan fingerprint density at radius 1 is 0.680 bits per heavy atom. The normalized spacial score (nSPS) is 11.6. The molecule has 0 bridgehead atoms. The Morgan fingerprint density at radius 2 is 1.14 bits per heavy atom. The summed E-state index contributed by atoms with van der Waals surface area (Å²) in [5.74, 6) is -0.952. The predicted octanol–water partition coefficient (Wildman–Crippen LogP) is 5.37. The van der Waals surface area contributed by atoms with E-state index >= 15 is 0 Å². The SMILES string of the molecule is CCC(C)(C)C(=O)NCC(=O)O.CCC(C)(C)C(=O)OCCCOC(=O)CCSCC(C)(C)C(=O)OC.CCC(C)(C)C(=O)OCCN(C)C. The number of thioether (sulfide) groups is 1. The van der Waals surface area contributed by atoms with Crippen LogP contribution in [0.25, 0.3) is 0 Å². The largest absolute Gasteiger partial charge is 0.480 e. The second-order valence-corrected chi connectivity index (χ2v) is 15.7. The number of hydrogen-bond donors (Lipinski definition) is 2. The van der Waals surface area contributed by atoms with E-state index in [0.29, 0.717) is 37.4 Å². The molecule has 0 spiro atoms. The Kier molecular flexibility index (Phi) is 26.8. The molecule has 0 aliphatic heterocycles. The van der Waals surface area contributed by atoms with Crippen LogP contribution in [0, 0.1) is 21.7 Å². The lowest BCUT2D eigenvalue weighted by Gasteiger charge is -2.20. The molecule has 0 aliphatic rings. The highest BCUT2D eigenvalue weighted by Gasteiger charge is 2.29. The first-order valence-electron chi connectivity index (χ1n) is 17.2. The van der Waals surface area contributed by atoms with E-state index < -0.39 is 22.2 Å². The zero-order valence-corrected chi connectivity index (χ0v) is 34.2. The molecule has 0 aromatic heterocycles. The van der Waals surface area contributed by atoms with E-state index in [9.17, 15) is 28.8 Å². The molecule has 0 heterocycles. The number of carbonyl (C=O) groups excluding carboxylic acids is 5. The minimum Gasteiger partial charge on any atom is -0.480 e. The van der Waals surface area contributed by atoms with Crippen LogP contribution in [0.3, 0.4) is 0 Å². The van der Waals surface area contributed by atoms with Gasteiger partial charge in [0.05, 0.1) is 43.0 Å². The van der Waals surface area contributed by atoms with Crippen LogP contribution in [0.4, 0.5) is 0 Å². The topological polar surface area (TPSA) is 175 Å². The fourth-order valence-electron chi connectivity index (χ4n) is 2.86. The number of methoxy groups -OCH3 is 1. The molecule has 14 heteroatoms. The maximum Gasteiger partial charge on any atom is 0.322 e. The molecule has 294 valence electrons. The highest BCUT2D eigenvalue weighted by Crippen LogP contribution is 2.24. The van der Waals surface area contributed by atoms with Crippen LogP contribution in [0.15, 0.2) is 0 Å². The van der Waals surface area contributed by atoms with Crippen LogP contribution in [0.5, 0.6) is 0 Å². The minimum atomic E-state index is -1.02. The number of nitrogens with zero attached hydrogens (tertiary/aromatic N) is 1. The zero-order valence-electron chi connectivity index (χ0n) is 33.4. The third-order valence-electron chi connectivity index (χ3n) is 7.98. The number of esters is 4. The highest BCUT2D eigenvalue weighted by molar-refractivity contribution is 7.99. The number of nitrogens with one attached hydrogen (secondary N) is 1. The van der Waals surface area contributed by atoms with Crippen LogP contribution in [0.1, 0.15) is 108 Å². The van der Waals surface area contributed by atoms with Gasteiger partial charge in [0.25, 0.3) is 0 Å². The molecule has 1 amide bonds. The van der Waals surface area contributed by atoms with Gasteiger partial charge in [0, 0.05) is 29.9 Å². The summed E-state index contributed by atoms with van der Waals surface area (Å²) in [5.41, 5.74) is -1.87. The fourth-order valence-corrected chi connectivity index (χ4v) is 3.94. The summed E-state index contributed by atoms with van der Waals surface area (Å²) in [7, 11) is 5.28. The Hall–Kier alpha value is -2.87. The van der Waals surface area contributed by atoms with Crippen molar-refractivity contribution in [1.29, 1.82) is 0 Å². The van der Waals surface area contributed by atoms with Crippen molar-refractivity contribution in [3.8, 4) is 0 Å².